The Morgan fingerprint density at radius 2 is 1.73 bits per heavy atom. The number of benzene rings is 2. The Hall–Kier alpha value is -3.52. The summed E-state index contributed by atoms with van der Waals surface area (Å²) < 4.78 is 7.62. The van der Waals surface area contributed by atoms with Crippen molar-refractivity contribution < 1.29 is 9.32 Å². The number of hydrogen-bond acceptors (Lipinski definition) is 5. The van der Waals surface area contributed by atoms with Gasteiger partial charge in [-0.1, -0.05) is 51.4 Å². The Labute approximate surface area is 180 Å². The molecule has 0 radical (unpaired) electrons. The smallest absolute Gasteiger partial charge is 0.259 e. The topological polar surface area (TPSA) is 90.0 Å². The maximum Gasteiger partial charge on any atom is 0.259 e. The third-order valence-corrected chi connectivity index (χ3v) is 4.93. The van der Waals surface area contributed by atoms with E-state index < -0.39 is 0 Å². The third-order valence-electron chi connectivity index (χ3n) is 4.41. The number of halogens is 1. The van der Waals surface area contributed by atoms with Crippen molar-refractivity contribution in [1.82, 2.24) is 20.0 Å². The van der Waals surface area contributed by atoms with Gasteiger partial charge < -0.3 is 14.4 Å². The molecule has 0 unspecified atom stereocenters. The fraction of sp³-hybridized carbons (Fsp3) is 0.0909. The summed E-state index contributed by atoms with van der Waals surface area (Å²) in [5.41, 5.74) is 2.06. The lowest BCUT2D eigenvalue weighted by molar-refractivity contribution is -0.121. The van der Waals surface area contributed by atoms with Crippen LogP contribution in [0, 0.1) is 0 Å². The molecule has 4 aromatic rings. The molecule has 4 rings (SSSR count). The zero-order chi connectivity index (χ0) is 20.9. The van der Waals surface area contributed by atoms with Gasteiger partial charge in [0.15, 0.2) is 0 Å². The molecule has 0 aliphatic rings. The third kappa shape index (κ3) is 4.72. The lowest BCUT2D eigenvalue weighted by Gasteiger charge is -2.08. The van der Waals surface area contributed by atoms with Crippen LogP contribution in [-0.4, -0.2) is 20.6 Å². The van der Waals surface area contributed by atoms with Gasteiger partial charge in [-0.2, -0.15) is 4.98 Å². The number of carbonyl (C=O) groups excluding carboxylic acids is 1. The average molecular weight is 465 g/mol. The molecule has 1 amide bonds. The quantitative estimate of drug-likeness (QED) is 0.470. The van der Waals surface area contributed by atoms with Gasteiger partial charge in [-0.25, -0.2) is 0 Å². The van der Waals surface area contributed by atoms with E-state index in [2.05, 4.69) is 31.4 Å². The van der Waals surface area contributed by atoms with Crippen LogP contribution in [-0.2, 0) is 17.9 Å². The van der Waals surface area contributed by atoms with Crippen LogP contribution in [0.5, 0.6) is 0 Å². The minimum atomic E-state index is -0.291. The van der Waals surface area contributed by atoms with Gasteiger partial charge in [0, 0.05) is 28.8 Å². The van der Waals surface area contributed by atoms with Gasteiger partial charge in [-0.05, 0) is 35.9 Å². The Bertz CT molecular complexity index is 1220. The van der Waals surface area contributed by atoms with Crippen LogP contribution in [0.15, 0.2) is 86.7 Å². The summed E-state index contributed by atoms with van der Waals surface area (Å²) in [7, 11) is 0. The minimum absolute atomic E-state index is 0.104. The molecule has 0 spiro atoms. The number of carbonyl (C=O) groups is 1. The lowest BCUT2D eigenvalue weighted by atomic mass is 10.2. The molecule has 0 atom stereocenters. The monoisotopic (exact) mass is 464 g/mol. The number of amides is 1. The Balaban J connectivity index is 1.48. The summed E-state index contributed by atoms with van der Waals surface area (Å²) in [5.74, 6) is 0.446. The summed E-state index contributed by atoms with van der Waals surface area (Å²) in [5, 5.41) is 6.81. The first-order chi connectivity index (χ1) is 14.6. The largest absolute Gasteiger partial charge is 0.350 e. The highest BCUT2D eigenvalue weighted by Gasteiger charge is 2.13. The van der Waals surface area contributed by atoms with Crippen molar-refractivity contribution in [3.8, 4) is 22.8 Å². The molecule has 0 saturated heterocycles. The Morgan fingerprint density at radius 1 is 1.00 bits per heavy atom. The van der Waals surface area contributed by atoms with Crippen LogP contribution in [0.25, 0.3) is 22.8 Å². The molecule has 2 aromatic carbocycles. The van der Waals surface area contributed by atoms with Gasteiger partial charge in [0.1, 0.15) is 6.54 Å². The van der Waals surface area contributed by atoms with Crippen molar-refractivity contribution in [2.75, 3.05) is 0 Å². The van der Waals surface area contributed by atoms with E-state index in [1.165, 1.54) is 10.6 Å². The molecule has 1 N–H and O–H groups in total. The van der Waals surface area contributed by atoms with Crippen molar-refractivity contribution in [3.05, 3.63) is 93.3 Å². The second-order valence-corrected chi connectivity index (χ2v) is 7.49. The van der Waals surface area contributed by atoms with E-state index in [1.807, 2.05) is 54.6 Å². The Kier molecular flexibility index (Phi) is 5.85. The normalized spacial score (nSPS) is 10.7. The predicted molar refractivity (Wildman–Crippen MR) is 115 cm³/mol. The van der Waals surface area contributed by atoms with Gasteiger partial charge in [-0.3, -0.25) is 9.59 Å². The summed E-state index contributed by atoms with van der Waals surface area (Å²) >= 11 is 3.39. The van der Waals surface area contributed by atoms with E-state index in [0.717, 1.165) is 15.6 Å². The maximum absolute atomic E-state index is 12.3. The summed E-state index contributed by atoms with van der Waals surface area (Å²) in [6.07, 6.45) is 1.54. The molecule has 2 aromatic heterocycles. The molecular weight excluding hydrogens is 448 g/mol. The molecule has 0 fully saturated rings. The van der Waals surface area contributed by atoms with Crippen LogP contribution >= 0.6 is 15.9 Å². The van der Waals surface area contributed by atoms with Crippen LogP contribution < -0.4 is 10.9 Å². The SMILES string of the molecule is O=C(Cn1cc(-c2nc(-c3ccc(Br)cc3)no2)ccc1=O)NCc1ccccc1. The fourth-order valence-electron chi connectivity index (χ4n) is 2.85. The van der Waals surface area contributed by atoms with Crippen molar-refractivity contribution in [2.45, 2.75) is 13.1 Å². The van der Waals surface area contributed by atoms with Crippen LogP contribution in [0.2, 0.25) is 0 Å². The summed E-state index contributed by atoms with van der Waals surface area (Å²) in [6, 6.07) is 20.1. The van der Waals surface area contributed by atoms with E-state index in [0.29, 0.717) is 17.9 Å². The molecule has 8 heteroatoms. The van der Waals surface area contributed by atoms with Crippen LogP contribution in [0.4, 0.5) is 0 Å². The van der Waals surface area contributed by atoms with Gasteiger partial charge in [-0.15, -0.1) is 0 Å². The van der Waals surface area contributed by atoms with Crippen molar-refractivity contribution >= 4 is 21.8 Å². The first-order valence-electron chi connectivity index (χ1n) is 9.19. The summed E-state index contributed by atoms with van der Waals surface area (Å²) in [4.78, 5) is 28.9. The highest BCUT2D eigenvalue weighted by Crippen LogP contribution is 2.22. The highest BCUT2D eigenvalue weighted by molar-refractivity contribution is 9.10. The van der Waals surface area contributed by atoms with Crippen molar-refractivity contribution in [2.24, 2.45) is 0 Å². The standard InChI is InChI=1S/C22H17BrN4O3/c23-18-9-6-16(7-10-18)21-25-22(30-26-21)17-8-11-20(29)27(13-17)14-19(28)24-12-15-4-2-1-3-5-15/h1-11,13H,12,14H2,(H,24,28). The second-order valence-electron chi connectivity index (χ2n) is 6.58. The molecule has 0 bridgehead atoms. The van der Waals surface area contributed by atoms with E-state index in [-0.39, 0.29) is 23.9 Å². The fourth-order valence-corrected chi connectivity index (χ4v) is 3.11. The van der Waals surface area contributed by atoms with Crippen LogP contribution in [0.3, 0.4) is 0 Å². The molecule has 30 heavy (non-hydrogen) atoms. The zero-order valence-electron chi connectivity index (χ0n) is 15.8. The van der Waals surface area contributed by atoms with Gasteiger partial charge in [0.05, 0.1) is 5.56 Å². The second kappa shape index (κ2) is 8.87. The van der Waals surface area contributed by atoms with Crippen molar-refractivity contribution in [3.63, 3.8) is 0 Å². The molecule has 0 saturated carbocycles. The van der Waals surface area contributed by atoms with E-state index in [9.17, 15) is 9.59 Å². The summed E-state index contributed by atoms with van der Waals surface area (Å²) in [6.45, 7) is 0.293. The molecule has 2 heterocycles. The number of nitrogens with one attached hydrogen (secondary N) is 1. The minimum Gasteiger partial charge on any atom is -0.350 e. The number of hydrogen-bond donors (Lipinski definition) is 1. The molecule has 7 nitrogen and oxygen atoms in total. The van der Waals surface area contributed by atoms with Gasteiger partial charge >= 0.3 is 0 Å². The number of aromatic nitrogens is 3. The first kappa shape index (κ1) is 19.8. The molecule has 150 valence electrons. The van der Waals surface area contributed by atoms with E-state index in [1.54, 1.807) is 12.3 Å². The predicted octanol–water partition coefficient (Wildman–Crippen LogP) is 3.64. The van der Waals surface area contributed by atoms with E-state index >= 15 is 0 Å². The first-order valence-corrected chi connectivity index (χ1v) is 9.99. The number of rotatable bonds is 6. The molecule has 0 aliphatic carbocycles. The molecular formula is C22H17BrN4O3. The van der Waals surface area contributed by atoms with Gasteiger partial charge in [0.2, 0.25) is 11.7 Å². The zero-order valence-corrected chi connectivity index (χ0v) is 17.4. The van der Waals surface area contributed by atoms with Crippen molar-refractivity contribution in [1.29, 1.82) is 0 Å². The number of nitrogens with zero attached hydrogens (tertiary/aromatic N) is 3. The Morgan fingerprint density at radius 3 is 2.50 bits per heavy atom. The van der Waals surface area contributed by atoms with Crippen LogP contribution in [0.1, 0.15) is 5.56 Å². The maximum atomic E-state index is 12.3. The number of pyridine rings is 1. The lowest BCUT2D eigenvalue weighted by Crippen LogP contribution is -2.31. The molecule has 0 aliphatic heterocycles. The van der Waals surface area contributed by atoms with E-state index in [4.69, 9.17) is 4.52 Å². The highest BCUT2D eigenvalue weighted by atomic mass is 79.9. The van der Waals surface area contributed by atoms with Gasteiger partial charge in [0.25, 0.3) is 11.4 Å². The average Bonchev–Trinajstić information content (AvgIpc) is 3.25.